The third kappa shape index (κ3) is 2.89. The first-order valence-corrected chi connectivity index (χ1v) is 8.82. The molecular formula is C19H15BrN4O2. The van der Waals surface area contributed by atoms with Crippen LogP contribution >= 0.6 is 15.9 Å². The molecule has 130 valence electrons. The van der Waals surface area contributed by atoms with Crippen molar-refractivity contribution in [2.24, 2.45) is 5.18 Å². The molecule has 0 spiro atoms. The Kier molecular flexibility index (Phi) is 4.48. The predicted molar refractivity (Wildman–Crippen MR) is 105 cm³/mol. The molecule has 0 unspecified atom stereocenters. The third-order valence-electron chi connectivity index (χ3n) is 4.35. The van der Waals surface area contributed by atoms with Crippen LogP contribution in [0.25, 0.3) is 33.1 Å². The molecule has 0 aliphatic carbocycles. The van der Waals surface area contributed by atoms with Crippen LogP contribution in [0.1, 0.15) is 11.3 Å². The number of pyridine rings is 2. The molecule has 1 aromatic carbocycles. The number of ether oxygens (including phenoxy) is 1. The van der Waals surface area contributed by atoms with Crippen LogP contribution in [0.15, 0.2) is 52.4 Å². The number of hydrogen-bond acceptors (Lipinski definition) is 5. The number of nitrogens with one attached hydrogen (secondary N) is 1. The summed E-state index contributed by atoms with van der Waals surface area (Å²) in [5.41, 5.74) is 5.33. The molecule has 6 nitrogen and oxygen atoms in total. The zero-order valence-corrected chi connectivity index (χ0v) is 15.6. The van der Waals surface area contributed by atoms with E-state index in [2.05, 4.69) is 42.1 Å². The van der Waals surface area contributed by atoms with Crippen LogP contribution in [0, 0.1) is 4.91 Å². The molecule has 0 aliphatic rings. The molecule has 0 saturated carbocycles. The quantitative estimate of drug-likeness (QED) is 0.471. The zero-order valence-electron chi connectivity index (χ0n) is 14.0. The molecule has 0 aliphatic heterocycles. The first-order chi connectivity index (χ1) is 12.7. The Morgan fingerprint density at radius 3 is 2.77 bits per heavy atom. The van der Waals surface area contributed by atoms with Crippen LogP contribution in [0.5, 0.6) is 0 Å². The molecule has 1 N–H and O–H groups in total. The average molecular weight is 411 g/mol. The number of rotatable bonds is 5. The molecule has 7 heteroatoms. The van der Waals surface area contributed by atoms with Gasteiger partial charge in [0.25, 0.3) is 0 Å². The number of benzene rings is 1. The highest BCUT2D eigenvalue weighted by Crippen LogP contribution is 2.33. The molecule has 0 radical (unpaired) electrons. The van der Waals surface area contributed by atoms with Gasteiger partial charge >= 0.3 is 0 Å². The van der Waals surface area contributed by atoms with E-state index in [1.54, 1.807) is 19.5 Å². The summed E-state index contributed by atoms with van der Waals surface area (Å²) in [5, 5.41) is 5.05. The minimum atomic E-state index is 0.0231. The molecule has 0 bridgehead atoms. The topological polar surface area (TPSA) is 80.2 Å². The lowest BCUT2D eigenvalue weighted by Gasteiger charge is -2.08. The zero-order chi connectivity index (χ0) is 18.1. The Balaban J connectivity index is 1.98. The summed E-state index contributed by atoms with van der Waals surface area (Å²) in [5.74, 6) is 0. The lowest BCUT2D eigenvalue weighted by molar-refractivity contribution is 0.185. The maximum Gasteiger partial charge on any atom is 0.124 e. The summed E-state index contributed by atoms with van der Waals surface area (Å²) >= 11 is 3.41. The van der Waals surface area contributed by atoms with E-state index in [1.165, 1.54) is 0 Å². The highest BCUT2D eigenvalue weighted by atomic mass is 79.9. The molecule has 0 fully saturated rings. The van der Waals surface area contributed by atoms with E-state index in [0.29, 0.717) is 12.3 Å². The van der Waals surface area contributed by atoms with E-state index in [4.69, 9.17) is 4.74 Å². The van der Waals surface area contributed by atoms with Gasteiger partial charge in [0.05, 0.1) is 29.7 Å². The van der Waals surface area contributed by atoms with Crippen molar-refractivity contribution in [3.8, 4) is 11.3 Å². The molecule has 4 aromatic rings. The standard InChI is InChI=1S/C19H15BrN4O2/c1-26-10-14-17(9-23-25)22-8-18-19(14)13-6-11(2-4-16(13)24-18)15-5-3-12(20)7-21-15/h2-8,24H,9-10H2,1H3. The van der Waals surface area contributed by atoms with Gasteiger partial charge in [-0.25, -0.2) is 0 Å². The number of nitroso groups, excluding NO2 is 1. The van der Waals surface area contributed by atoms with Gasteiger partial charge in [0.2, 0.25) is 0 Å². The van der Waals surface area contributed by atoms with E-state index in [1.807, 2.05) is 24.3 Å². The summed E-state index contributed by atoms with van der Waals surface area (Å²) in [7, 11) is 1.63. The van der Waals surface area contributed by atoms with Gasteiger partial charge in [-0.3, -0.25) is 9.97 Å². The van der Waals surface area contributed by atoms with Crippen molar-refractivity contribution in [1.82, 2.24) is 15.0 Å². The van der Waals surface area contributed by atoms with Crippen LogP contribution < -0.4 is 0 Å². The Hall–Kier alpha value is -2.64. The first-order valence-electron chi connectivity index (χ1n) is 8.03. The number of H-pyrrole nitrogens is 1. The summed E-state index contributed by atoms with van der Waals surface area (Å²) in [4.78, 5) is 23.0. The molecule has 3 aromatic heterocycles. The normalized spacial score (nSPS) is 11.3. The van der Waals surface area contributed by atoms with Gasteiger partial charge in [-0.1, -0.05) is 11.2 Å². The largest absolute Gasteiger partial charge is 0.380 e. The van der Waals surface area contributed by atoms with Crippen molar-refractivity contribution in [2.45, 2.75) is 13.2 Å². The van der Waals surface area contributed by atoms with Gasteiger partial charge < -0.3 is 9.72 Å². The van der Waals surface area contributed by atoms with Gasteiger partial charge in [-0.15, -0.1) is 0 Å². The van der Waals surface area contributed by atoms with E-state index in [0.717, 1.165) is 43.1 Å². The Morgan fingerprint density at radius 2 is 2.04 bits per heavy atom. The highest BCUT2D eigenvalue weighted by Gasteiger charge is 2.15. The minimum Gasteiger partial charge on any atom is -0.380 e. The van der Waals surface area contributed by atoms with E-state index in [-0.39, 0.29) is 6.54 Å². The van der Waals surface area contributed by atoms with E-state index >= 15 is 0 Å². The van der Waals surface area contributed by atoms with Crippen LogP contribution in [-0.2, 0) is 17.9 Å². The maximum atomic E-state index is 10.8. The second-order valence-corrected chi connectivity index (χ2v) is 6.86. The average Bonchev–Trinajstić information content (AvgIpc) is 3.02. The number of hydrogen-bond donors (Lipinski definition) is 1. The van der Waals surface area contributed by atoms with Gasteiger partial charge in [0.1, 0.15) is 6.54 Å². The Morgan fingerprint density at radius 1 is 1.15 bits per heavy atom. The number of fused-ring (bicyclic) bond motifs is 3. The second kappa shape index (κ2) is 6.93. The number of nitrogens with zero attached hydrogens (tertiary/aromatic N) is 3. The van der Waals surface area contributed by atoms with Crippen molar-refractivity contribution in [2.75, 3.05) is 7.11 Å². The monoisotopic (exact) mass is 410 g/mol. The van der Waals surface area contributed by atoms with E-state index in [9.17, 15) is 4.91 Å². The van der Waals surface area contributed by atoms with Gasteiger partial charge in [0, 0.05) is 45.2 Å². The van der Waals surface area contributed by atoms with Crippen molar-refractivity contribution in [1.29, 1.82) is 0 Å². The van der Waals surface area contributed by atoms with Gasteiger partial charge in [0.15, 0.2) is 0 Å². The van der Waals surface area contributed by atoms with Crippen molar-refractivity contribution in [3.63, 3.8) is 0 Å². The summed E-state index contributed by atoms with van der Waals surface area (Å²) in [6, 6.07) is 10.1. The fourth-order valence-electron chi connectivity index (χ4n) is 3.20. The van der Waals surface area contributed by atoms with Crippen LogP contribution in [0.4, 0.5) is 0 Å². The molecule has 26 heavy (non-hydrogen) atoms. The maximum absolute atomic E-state index is 10.8. The molecule has 0 amide bonds. The molecule has 3 heterocycles. The molecule has 4 rings (SSSR count). The SMILES string of the molecule is COCc1c(CN=O)ncc2[nH]c3ccc(-c4ccc(Br)cn4)cc3c12. The third-order valence-corrected chi connectivity index (χ3v) is 4.82. The fourth-order valence-corrected chi connectivity index (χ4v) is 3.44. The summed E-state index contributed by atoms with van der Waals surface area (Å²) in [6.45, 7) is 0.387. The Bertz CT molecular complexity index is 1110. The molecular weight excluding hydrogens is 396 g/mol. The van der Waals surface area contributed by atoms with Crippen molar-refractivity contribution in [3.05, 3.63) is 63.4 Å². The van der Waals surface area contributed by atoms with Crippen LogP contribution in [0.2, 0.25) is 0 Å². The van der Waals surface area contributed by atoms with Crippen molar-refractivity contribution >= 4 is 37.7 Å². The number of halogens is 1. The first kappa shape index (κ1) is 16.8. The lowest BCUT2D eigenvalue weighted by Crippen LogP contribution is -1.99. The number of methoxy groups -OCH3 is 1. The minimum absolute atomic E-state index is 0.0231. The summed E-state index contributed by atoms with van der Waals surface area (Å²) in [6.07, 6.45) is 3.52. The fraction of sp³-hybridized carbons (Fsp3) is 0.158. The predicted octanol–water partition coefficient (Wildman–Crippen LogP) is 4.95. The smallest absolute Gasteiger partial charge is 0.124 e. The summed E-state index contributed by atoms with van der Waals surface area (Å²) < 4.78 is 6.29. The van der Waals surface area contributed by atoms with Crippen LogP contribution in [0.3, 0.4) is 0 Å². The molecule has 0 atom stereocenters. The second-order valence-electron chi connectivity index (χ2n) is 5.94. The lowest BCUT2D eigenvalue weighted by atomic mass is 10.0. The van der Waals surface area contributed by atoms with Crippen molar-refractivity contribution < 1.29 is 4.74 Å². The van der Waals surface area contributed by atoms with Crippen LogP contribution in [-0.4, -0.2) is 22.1 Å². The highest BCUT2D eigenvalue weighted by molar-refractivity contribution is 9.10. The molecule has 0 saturated heterocycles. The number of aromatic nitrogens is 3. The van der Waals surface area contributed by atoms with Gasteiger partial charge in [-0.05, 0) is 40.2 Å². The Labute approximate surface area is 157 Å². The van der Waals surface area contributed by atoms with E-state index < -0.39 is 0 Å². The van der Waals surface area contributed by atoms with Gasteiger partial charge in [-0.2, -0.15) is 4.91 Å². The number of aromatic amines is 1.